The van der Waals surface area contributed by atoms with Crippen LogP contribution in [0.4, 0.5) is 25.1 Å². The van der Waals surface area contributed by atoms with Crippen LogP contribution in [-0.2, 0) is 32.5 Å². The molecule has 2 aromatic carbocycles. The standard InChI is InChI=1S/C32H40F2N6O7S/c1-4-46-32(42)40-29-9-12-39(48(43,44)25-16-22(33)15-23(34)17-25)19-27(29)30(37-40)36-31(41)26-8-7-24(18-28(26)35-21(2)20-45-3)47-14-13-38-10-5-6-11-38/h7-8,15-18,21,35H,4-6,9-14,19-20H2,1-3H3,(H,36,37,41). The first-order valence-electron chi connectivity index (χ1n) is 15.8. The first-order valence-corrected chi connectivity index (χ1v) is 17.2. The number of ether oxygens (including phenoxy) is 3. The van der Waals surface area contributed by atoms with Crippen molar-refractivity contribution in [2.45, 2.75) is 50.6 Å². The molecule has 2 N–H and O–H groups in total. The van der Waals surface area contributed by atoms with E-state index >= 15 is 0 Å². The molecule has 5 rings (SSSR count). The van der Waals surface area contributed by atoms with Crippen molar-refractivity contribution in [3.8, 4) is 5.75 Å². The minimum absolute atomic E-state index is 0.0127. The zero-order valence-electron chi connectivity index (χ0n) is 27.1. The van der Waals surface area contributed by atoms with Gasteiger partial charge in [-0.2, -0.15) is 8.99 Å². The molecular weight excluding hydrogens is 650 g/mol. The highest BCUT2D eigenvalue weighted by atomic mass is 32.2. The molecule has 3 heterocycles. The molecule has 2 aliphatic heterocycles. The summed E-state index contributed by atoms with van der Waals surface area (Å²) in [7, 11) is -2.79. The summed E-state index contributed by atoms with van der Waals surface area (Å²) in [5.41, 5.74) is 1.29. The van der Waals surface area contributed by atoms with Crippen molar-refractivity contribution in [2.75, 3.05) is 63.7 Å². The van der Waals surface area contributed by atoms with Gasteiger partial charge in [0.1, 0.15) is 24.0 Å². The number of benzene rings is 2. The number of anilines is 2. The third-order valence-electron chi connectivity index (χ3n) is 8.10. The zero-order chi connectivity index (χ0) is 34.4. The second-order valence-corrected chi connectivity index (χ2v) is 13.6. The van der Waals surface area contributed by atoms with Gasteiger partial charge in [-0.1, -0.05) is 0 Å². The summed E-state index contributed by atoms with van der Waals surface area (Å²) >= 11 is 0. The van der Waals surface area contributed by atoms with Crippen LogP contribution in [0.2, 0.25) is 0 Å². The van der Waals surface area contributed by atoms with Crippen LogP contribution in [0.25, 0.3) is 0 Å². The Bertz CT molecular complexity index is 1730. The minimum atomic E-state index is -4.36. The lowest BCUT2D eigenvalue weighted by Crippen LogP contribution is -2.37. The fourth-order valence-corrected chi connectivity index (χ4v) is 7.28. The highest BCUT2D eigenvalue weighted by Gasteiger charge is 2.35. The normalized spacial score (nSPS) is 15.9. The van der Waals surface area contributed by atoms with Crippen molar-refractivity contribution >= 4 is 33.5 Å². The Labute approximate surface area is 278 Å². The molecule has 1 unspecified atom stereocenters. The van der Waals surface area contributed by atoms with Gasteiger partial charge in [-0.25, -0.2) is 22.0 Å². The average Bonchev–Trinajstić information content (AvgIpc) is 3.69. The molecule has 260 valence electrons. The van der Waals surface area contributed by atoms with Gasteiger partial charge in [-0.15, -0.1) is 5.10 Å². The average molecular weight is 691 g/mol. The Kier molecular flexibility index (Phi) is 11.3. The summed E-state index contributed by atoms with van der Waals surface area (Å²) in [6, 6.07) is 6.88. The molecule has 0 aliphatic carbocycles. The quantitative estimate of drug-likeness (QED) is 0.269. The van der Waals surface area contributed by atoms with Gasteiger partial charge in [-0.3, -0.25) is 9.69 Å². The van der Waals surface area contributed by atoms with E-state index < -0.39 is 38.6 Å². The van der Waals surface area contributed by atoms with Crippen molar-refractivity contribution in [1.29, 1.82) is 0 Å². The Morgan fingerprint density at radius 3 is 2.48 bits per heavy atom. The van der Waals surface area contributed by atoms with Crippen molar-refractivity contribution < 1.29 is 41.0 Å². The van der Waals surface area contributed by atoms with Crippen molar-refractivity contribution in [3.05, 3.63) is 64.9 Å². The molecule has 0 saturated carbocycles. The Hall–Kier alpha value is -4.12. The monoisotopic (exact) mass is 690 g/mol. The molecule has 0 spiro atoms. The number of halogens is 2. The maximum atomic E-state index is 13.9. The minimum Gasteiger partial charge on any atom is -0.492 e. The number of sulfonamides is 1. The number of likely N-dealkylation sites (tertiary alicyclic amines) is 1. The van der Waals surface area contributed by atoms with E-state index in [0.717, 1.165) is 40.8 Å². The second-order valence-electron chi connectivity index (χ2n) is 11.6. The molecular formula is C32H40F2N6O7S. The molecule has 0 bridgehead atoms. The maximum Gasteiger partial charge on any atom is 0.434 e. The first-order chi connectivity index (χ1) is 23.0. The lowest BCUT2D eigenvalue weighted by Gasteiger charge is -2.27. The Morgan fingerprint density at radius 2 is 1.79 bits per heavy atom. The van der Waals surface area contributed by atoms with E-state index in [1.54, 1.807) is 32.2 Å². The number of carbonyl (C=O) groups is 2. The molecule has 1 aromatic heterocycles. The zero-order valence-corrected chi connectivity index (χ0v) is 27.9. The lowest BCUT2D eigenvalue weighted by atomic mass is 10.1. The number of aromatic nitrogens is 2. The third-order valence-corrected chi connectivity index (χ3v) is 9.92. The topological polar surface area (TPSA) is 144 Å². The van der Waals surface area contributed by atoms with E-state index in [4.69, 9.17) is 14.2 Å². The fraction of sp³-hybridized carbons (Fsp3) is 0.469. The van der Waals surface area contributed by atoms with Crippen LogP contribution in [-0.4, -0.2) is 98.6 Å². The summed E-state index contributed by atoms with van der Waals surface area (Å²) in [6.07, 6.45) is 1.57. The number of carbonyl (C=O) groups excluding carboxylic acids is 2. The predicted octanol–water partition coefficient (Wildman–Crippen LogP) is 4.09. The third kappa shape index (κ3) is 8.11. The van der Waals surface area contributed by atoms with Gasteiger partial charge < -0.3 is 24.8 Å². The van der Waals surface area contributed by atoms with Gasteiger partial charge in [0.15, 0.2) is 5.82 Å². The molecule has 13 nitrogen and oxygen atoms in total. The molecule has 1 amide bonds. The molecule has 3 aromatic rings. The molecule has 0 radical (unpaired) electrons. The van der Waals surface area contributed by atoms with E-state index in [9.17, 15) is 26.8 Å². The van der Waals surface area contributed by atoms with E-state index in [1.807, 2.05) is 6.92 Å². The van der Waals surface area contributed by atoms with Gasteiger partial charge in [0, 0.05) is 56.9 Å². The number of rotatable bonds is 13. The van der Waals surface area contributed by atoms with Crippen LogP contribution in [0.1, 0.15) is 48.3 Å². The van der Waals surface area contributed by atoms with E-state index in [1.165, 1.54) is 12.8 Å². The van der Waals surface area contributed by atoms with Gasteiger partial charge >= 0.3 is 6.09 Å². The Balaban J connectivity index is 1.43. The van der Waals surface area contributed by atoms with E-state index in [0.29, 0.717) is 36.4 Å². The van der Waals surface area contributed by atoms with Gasteiger partial charge in [0.2, 0.25) is 10.0 Å². The Morgan fingerprint density at radius 1 is 1.06 bits per heavy atom. The van der Waals surface area contributed by atoms with Crippen LogP contribution in [0.5, 0.6) is 5.75 Å². The fourth-order valence-electron chi connectivity index (χ4n) is 5.82. The van der Waals surface area contributed by atoms with Crippen molar-refractivity contribution in [1.82, 2.24) is 19.0 Å². The van der Waals surface area contributed by atoms with E-state index in [2.05, 4.69) is 20.6 Å². The van der Waals surface area contributed by atoms with Crippen LogP contribution < -0.4 is 15.4 Å². The number of hydrogen-bond acceptors (Lipinski definition) is 10. The second kappa shape index (κ2) is 15.4. The number of nitrogens with zero attached hydrogens (tertiary/aromatic N) is 4. The number of amides is 1. The summed E-state index contributed by atoms with van der Waals surface area (Å²) < 4.78 is 73.2. The number of methoxy groups -OCH3 is 1. The number of nitrogens with one attached hydrogen (secondary N) is 2. The smallest absolute Gasteiger partial charge is 0.434 e. The van der Waals surface area contributed by atoms with Crippen LogP contribution in [0.15, 0.2) is 41.3 Å². The van der Waals surface area contributed by atoms with Gasteiger partial charge in [0.05, 0.1) is 35.1 Å². The first kappa shape index (κ1) is 35.2. The number of fused-ring (bicyclic) bond motifs is 1. The van der Waals surface area contributed by atoms with Gasteiger partial charge in [0.25, 0.3) is 5.91 Å². The van der Waals surface area contributed by atoms with Crippen LogP contribution >= 0.6 is 0 Å². The van der Waals surface area contributed by atoms with Crippen molar-refractivity contribution in [3.63, 3.8) is 0 Å². The highest BCUT2D eigenvalue weighted by Crippen LogP contribution is 2.32. The summed E-state index contributed by atoms with van der Waals surface area (Å²) in [5, 5.41) is 10.3. The lowest BCUT2D eigenvalue weighted by molar-refractivity contribution is 0.102. The predicted molar refractivity (Wildman–Crippen MR) is 173 cm³/mol. The largest absolute Gasteiger partial charge is 0.492 e. The summed E-state index contributed by atoms with van der Waals surface area (Å²) in [6.45, 7) is 6.86. The molecule has 2 aliphatic rings. The van der Waals surface area contributed by atoms with Crippen molar-refractivity contribution in [2.24, 2.45) is 0 Å². The molecule has 1 fully saturated rings. The van der Waals surface area contributed by atoms with E-state index in [-0.39, 0.29) is 49.1 Å². The molecule has 1 saturated heterocycles. The summed E-state index contributed by atoms with van der Waals surface area (Å²) in [4.78, 5) is 28.4. The van der Waals surface area contributed by atoms with Gasteiger partial charge in [-0.05, 0) is 64.0 Å². The number of hydrogen-bond donors (Lipinski definition) is 2. The maximum absolute atomic E-state index is 13.9. The molecule has 48 heavy (non-hydrogen) atoms. The molecule has 1 atom stereocenters. The summed E-state index contributed by atoms with van der Waals surface area (Å²) in [5.74, 6) is -2.16. The highest BCUT2D eigenvalue weighted by molar-refractivity contribution is 7.89. The van der Waals surface area contributed by atoms with Crippen LogP contribution in [0.3, 0.4) is 0 Å². The van der Waals surface area contributed by atoms with Crippen LogP contribution in [0, 0.1) is 11.6 Å². The molecule has 16 heteroatoms. The SMILES string of the molecule is CCOC(=O)n1nc(NC(=O)c2ccc(OCCN3CCCC3)cc2NC(C)COC)c2c1CCN(S(=O)(=O)c1cc(F)cc(F)c1)C2.